The summed E-state index contributed by atoms with van der Waals surface area (Å²) in [7, 11) is 0. The highest BCUT2D eigenvalue weighted by Gasteiger charge is 2.19. The number of nitrogens with zero attached hydrogens (tertiary/aromatic N) is 4. The minimum atomic E-state index is -0.0777. The highest BCUT2D eigenvalue weighted by molar-refractivity contribution is 7.99. The summed E-state index contributed by atoms with van der Waals surface area (Å²) in [5.41, 5.74) is 2.40. The monoisotopic (exact) mass is 388 g/mol. The van der Waals surface area contributed by atoms with Gasteiger partial charge in [-0.2, -0.15) is 0 Å². The molecule has 138 valence electrons. The number of carbonyl (C=O) groups excluding carboxylic acids is 1. The number of carbonyl (C=O) groups is 1. The van der Waals surface area contributed by atoms with Gasteiger partial charge in [-0.25, -0.2) is 0 Å². The summed E-state index contributed by atoms with van der Waals surface area (Å²) in [6.45, 7) is 0. The van der Waals surface area contributed by atoms with Crippen molar-refractivity contribution in [2.75, 3.05) is 10.7 Å². The fraction of sp³-hybridized carbons (Fsp3) is 0.0476. The second-order valence-electron chi connectivity index (χ2n) is 5.80. The molecule has 0 saturated heterocycles. The summed E-state index contributed by atoms with van der Waals surface area (Å²) in [6.07, 6.45) is 3.32. The molecule has 1 amide bonds. The fourth-order valence-corrected chi connectivity index (χ4v) is 3.27. The lowest BCUT2D eigenvalue weighted by Gasteiger charge is -2.22. The first-order valence-corrected chi connectivity index (χ1v) is 9.59. The molecular weight excluding hydrogens is 372 g/mol. The highest BCUT2D eigenvalue weighted by Crippen LogP contribution is 2.28. The second-order valence-corrected chi connectivity index (χ2v) is 6.72. The van der Waals surface area contributed by atoms with Crippen molar-refractivity contribution >= 4 is 29.0 Å². The van der Waals surface area contributed by atoms with E-state index in [0.29, 0.717) is 11.1 Å². The van der Waals surface area contributed by atoms with E-state index in [0.717, 1.165) is 16.9 Å². The zero-order valence-corrected chi connectivity index (χ0v) is 15.6. The lowest BCUT2D eigenvalue weighted by molar-refractivity contribution is -0.115. The summed E-state index contributed by atoms with van der Waals surface area (Å²) in [5, 5.41) is 8.41. The topological polar surface area (TPSA) is 72.1 Å². The summed E-state index contributed by atoms with van der Waals surface area (Å²) in [6, 6.07) is 22.7. The summed E-state index contributed by atoms with van der Waals surface area (Å²) in [4.78, 5) is 18.7. The van der Waals surface area contributed by atoms with Crippen LogP contribution in [0.15, 0.2) is 94.8 Å². The van der Waals surface area contributed by atoms with Crippen molar-refractivity contribution in [2.45, 2.75) is 5.22 Å². The van der Waals surface area contributed by atoms with E-state index >= 15 is 0 Å². The molecule has 0 aliphatic rings. The standard InChI is InChI=1S/C21H16N4O2S/c26-19(15-28-21-24-23-20(27-21)16-11-13-22-14-12-16)25(17-7-3-1-4-8-17)18-9-5-2-6-10-18/h1-14H,15H2. The van der Waals surface area contributed by atoms with Gasteiger partial charge in [-0.1, -0.05) is 48.2 Å². The Morgan fingerprint density at radius 1 is 0.857 bits per heavy atom. The summed E-state index contributed by atoms with van der Waals surface area (Å²) in [5.74, 6) is 0.494. The molecule has 7 heteroatoms. The van der Waals surface area contributed by atoms with E-state index in [4.69, 9.17) is 4.42 Å². The maximum atomic E-state index is 13.0. The van der Waals surface area contributed by atoms with Crippen LogP contribution in [0.25, 0.3) is 11.5 Å². The predicted molar refractivity (Wildman–Crippen MR) is 108 cm³/mol. The maximum Gasteiger partial charge on any atom is 0.277 e. The molecular formula is C21H16N4O2S. The Kier molecular flexibility index (Phi) is 5.44. The van der Waals surface area contributed by atoms with Crippen LogP contribution in [0.3, 0.4) is 0 Å². The van der Waals surface area contributed by atoms with Crippen LogP contribution >= 0.6 is 11.8 Å². The average Bonchev–Trinajstić information content (AvgIpc) is 3.24. The van der Waals surface area contributed by atoms with Gasteiger partial charge in [-0.05, 0) is 36.4 Å². The number of benzene rings is 2. The molecule has 4 aromatic rings. The van der Waals surface area contributed by atoms with Crippen molar-refractivity contribution in [3.8, 4) is 11.5 Å². The van der Waals surface area contributed by atoms with Crippen LogP contribution in [-0.4, -0.2) is 26.8 Å². The van der Waals surface area contributed by atoms with Crippen LogP contribution in [0.5, 0.6) is 0 Å². The number of hydrogen-bond donors (Lipinski definition) is 0. The van der Waals surface area contributed by atoms with Gasteiger partial charge >= 0.3 is 0 Å². The van der Waals surface area contributed by atoms with Gasteiger partial charge in [0, 0.05) is 29.3 Å². The maximum absolute atomic E-state index is 13.0. The predicted octanol–water partition coefficient (Wildman–Crippen LogP) is 4.59. The van der Waals surface area contributed by atoms with E-state index in [2.05, 4.69) is 15.2 Å². The van der Waals surface area contributed by atoms with Crippen LogP contribution in [0.2, 0.25) is 0 Å². The van der Waals surface area contributed by atoms with Crippen LogP contribution in [0, 0.1) is 0 Å². The zero-order valence-electron chi connectivity index (χ0n) is 14.8. The minimum Gasteiger partial charge on any atom is -0.411 e. The van der Waals surface area contributed by atoms with Gasteiger partial charge in [0.05, 0.1) is 5.75 Å². The van der Waals surface area contributed by atoms with Gasteiger partial charge in [-0.15, -0.1) is 10.2 Å². The Morgan fingerprint density at radius 3 is 2.07 bits per heavy atom. The van der Waals surface area contributed by atoms with Gasteiger partial charge in [-0.3, -0.25) is 14.7 Å². The molecule has 2 aromatic carbocycles. The minimum absolute atomic E-state index is 0.0777. The summed E-state index contributed by atoms with van der Waals surface area (Å²) < 4.78 is 5.65. The number of rotatable bonds is 6. The Bertz CT molecular complexity index is 1000. The Labute approximate surface area is 166 Å². The molecule has 2 aromatic heterocycles. The van der Waals surface area contributed by atoms with E-state index in [1.165, 1.54) is 11.8 Å². The van der Waals surface area contributed by atoms with Gasteiger partial charge in [0.25, 0.3) is 5.22 Å². The van der Waals surface area contributed by atoms with E-state index in [-0.39, 0.29) is 11.7 Å². The summed E-state index contributed by atoms with van der Waals surface area (Å²) >= 11 is 1.21. The normalized spacial score (nSPS) is 10.6. The third kappa shape index (κ3) is 4.10. The van der Waals surface area contributed by atoms with Crippen molar-refractivity contribution in [3.05, 3.63) is 85.2 Å². The lowest BCUT2D eigenvalue weighted by atomic mass is 10.2. The zero-order chi connectivity index (χ0) is 19.2. The number of amides is 1. The van der Waals surface area contributed by atoms with E-state index < -0.39 is 0 Å². The molecule has 0 radical (unpaired) electrons. The van der Waals surface area contributed by atoms with Gasteiger partial charge in [0.15, 0.2) is 0 Å². The van der Waals surface area contributed by atoms with Crippen LogP contribution in [0.1, 0.15) is 0 Å². The van der Waals surface area contributed by atoms with Gasteiger partial charge in [0.1, 0.15) is 0 Å². The molecule has 6 nitrogen and oxygen atoms in total. The number of pyridine rings is 1. The highest BCUT2D eigenvalue weighted by atomic mass is 32.2. The molecule has 0 unspecified atom stereocenters. The first-order valence-electron chi connectivity index (χ1n) is 8.61. The molecule has 2 heterocycles. The Balaban J connectivity index is 1.50. The molecule has 0 N–H and O–H groups in total. The van der Waals surface area contributed by atoms with Crippen LogP contribution < -0.4 is 4.90 Å². The van der Waals surface area contributed by atoms with Gasteiger partial charge in [0.2, 0.25) is 11.8 Å². The smallest absolute Gasteiger partial charge is 0.277 e. The number of thioether (sulfide) groups is 1. The van der Waals surface area contributed by atoms with Crippen molar-refractivity contribution in [3.63, 3.8) is 0 Å². The van der Waals surface area contributed by atoms with Crippen molar-refractivity contribution in [1.29, 1.82) is 0 Å². The number of aromatic nitrogens is 3. The molecule has 0 fully saturated rings. The third-order valence-corrected chi connectivity index (χ3v) is 4.73. The van der Waals surface area contributed by atoms with Gasteiger partial charge < -0.3 is 4.42 Å². The fourth-order valence-electron chi connectivity index (χ4n) is 2.66. The first kappa shape index (κ1) is 17.9. The Morgan fingerprint density at radius 2 is 1.46 bits per heavy atom. The molecule has 0 bridgehead atoms. The molecule has 0 aliphatic heterocycles. The van der Waals surface area contributed by atoms with Crippen molar-refractivity contribution in [1.82, 2.24) is 15.2 Å². The quantitative estimate of drug-likeness (QED) is 0.450. The first-order chi connectivity index (χ1) is 13.8. The molecule has 0 saturated carbocycles. The molecule has 0 aliphatic carbocycles. The lowest BCUT2D eigenvalue weighted by Crippen LogP contribution is -2.27. The average molecular weight is 388 g/mol. The van der Waals surface area contributed by atoms with Crippen molar-refractivity contribution < 1.29 is 9.21 Å². The third-order valence-electron chi connectivity index (χ3n) is 3.93. The molecule has 28 heavy (non-hydrogen) atoms. The molecule has 0 spiro atoms. The SMILES string of the molecule is O=C(CSc1nnc(-c2ccncc2)o1)N(c1ccccc1)c1ccccc1. The van der Waals surface area contributed by atoms with E-state index in [1.54, 1.807) is 29.4 Å². The molecule has 4 rings (SSSR count). The largest absolute Gasteiger partial charge is 0.411 e. The Hall–Kier alpha value is -3.45. The van der Waals surface area contributed by atoms with E-state index in [9.17, 15) is 4.79 Å². The van der Waals surface area contributed by atoms with Crippen LogP contribution in [-0.2, 0) is 4.79 Å². The second kappa shape index (κ2) is 8.49. The van der Waals surface area contributed by atoms with E-state index in [1.807, 2.05) is 60.7 Å². The number of hydrogen-bond acceptors (Lipinski definition) is 6. The number of anilines is 2. The van der Waals surface area contributed by atoms with Crippen LogP contribution in [0.4, 0.5) is 11.4 Å². The number of para-hydroxylation sites is 2. The van der Waals surface area contributed by atoms with Crippen molar-refractivity contribution in [2.24, 2.45) is 0 Å². The molecule has 0 atom stereocenters.